The first-order valence-corrected chi connectivity index (χ1v) is 12.9. The molecule has 5 amide bonds. The molecule has 0 aliphatic rings. The fraction of sp³-hybridized carbons (Fsp3) is 0.583. The van der Waals surface area contributed by atoms with E-state index in [9.17, 15) is 33.6 Å². The summed E-state index contributed by atoms with van der Waals surface area (Å²) in [6.45, 7) is 3.70. The Kier molecular flexibility index (Phi) is 14.5. The van der Waals surface area contributed by atoms with Gasteiger partial charge < -0.3 is 47.5 Å². The summed E-state index contributed by atoms with van der Waals surface area (Å²) in [5.41, 5.74) is 6.26. The van der Waals surface area contributed by atoms with E-state index >= 15 is 0 Å². The second-order valence-corrected chi connectivity index (χ2v) is 9.37. The van der Waals surface area contributed by atoms with Gasteiger partial charge in [-0.15, -0.1) is 0 Å². The molecule has 0 aliphatic carbocycles. The fourth-order valence-corrected chi connectivity index (χ4v) is 3.40. The van der Waals surface area contributed by atoms with Crippen LogP contribution in [0.1, 0.15) is 45.7 Å². The lowest BCUT2D eigenvalue weighted by molar-refractivity contribution is -0.138. The first-order valence-electron chi connectivity index (χ1n) is 12.9. The van der Waals surface area contributed by atoms with Crippen molar-refractivity contribution in [3.63, 3.8) is 0 Å². The number of hydrogen-bond donors (Lipinski definition) is 9. The van der Waals surface area contributed by atoms with Crippen molar-refractivity contribution in [1.29, 1.82) is 0 Å². The van der Waals surface area contributed by atoms with Crippen LogP contribution < -0.4 is 32.3 Å². The summed E-state index contributed by atoms with van der Waals surface area (Å²) in [7, 11) is 0. The zero-order valence-electron chi connectivity index (χ0n) is 23.1. The van der Waals surface area contributed by atoms with Crippen LogP contribution in [0.15, 0.2) is 12.5 Å². The highest BCUT2D eigenvalue weighted by Crippen LogP contribution is 2.10. The highest BCUT2D eigenvalue weighted by Gasteiger charge is 2.32. The number of rotatable bonds is 18. The van der Waals surface area contributed by atoms with E-state index in [1.807, 2.05) is 0 Å². The van der Waals surface area contributed by atoms with Gasteiger partial charge in [0.15, 0.2) is 0 Å². The average molecular weight is 583 g/mol. The van der Waals surface area contributed by atoms with E-state index in [1.54, 1.807) is 13.8 Å². The molecule has 17 heteroatoms. The molecular formula is C24H38N8O9. The first kappa shape index (κ1) is 34.5. The number of aromatic nitrogens is 2. The molecule has 0 bridgehead atoms. The minimum atomic E-state index is -1.26. The van der Waals surface area contributed by atoms with E-state index in [4.69, 9.17) is 15.9 Å². The van der Waals surface area contributed by atoms with Crippen molar-refractivity contribution < 1.29 is 43.8 Å². The molecule has 17 nitrogen and oxygen atoms in total. The Hall–Kier alpha value is -4.54. The van der Waals surface area contributed by atoms with Crippen molar-refractivity contribution in [3.8, 4) is 0 Å². The quantitative estimate of drug-likeness (QED) is 0.0840. The van der Waals surface area contributed by atoms with E-state index < -0.39 is 84.6 Å². The topological polar surface area (TPSA) is 275 Å². The molecule has 1 rings (SSSR count). The summed E-state index contributed by atoms with van der Waals surface area (Å²) < 4.78 is 0. The van der Waals surface area contributed by atoms with E-state index in [2.05, 4.69) is 36.6 Å². The minimum Gasteiger partial charge on any atom is -0.481 e. The molecule has 0 aliphatic heterocycles. The van der Waals surface area contributed by atoms with Gasteiger partial charge in [0.1, 0.15) is 24.7 Å². The molecule has 10 N–H and O–H groups in total. The number of carboxylic acids is 2. The summed E-state index contributed by atoms with van der Waals surface area (Å²) >= 11 is 0. The van der Waals surface area contributed by atoms with Crippen LogP contribution in [0.3, 0.4) is 0 Å². The van der Waals surface area contributed by atoms with Gasteiger partial charge in [-0.25, -0.2) is 4.98 Å². The van der Waals surface area contributed by atoms with Crippen molar-refractivity contribution in [2.24, 2.45) is 11.7 Å². The summed E-state index contributed by atoms with van der Waals surface area (Å²) in [6, 6.07) is -4.64. The van der Waals surface area contributed by atoms with Gasteiger partial charge in [-0.3, -0.25) is 33.6 Å². The van der Waals surface area contributed by atoms with Gasteiger partial charge in [0.25, 0.3) is 0 Å². The van der Waals surface area contributed by atoms with Gasteiger partial charge >= 0.3 is 11.9 Å². The number of H-pyrrole nitrogens is 1. The van der Waals surface area contributed by atoms with Gasteiger partial charge in [0.05, 0.1) is 18.9 Å². The number of imidazole rings is 1. The summed E-state index contributed by atoms with van der Waals surface area (Å²) in [5.74, 6) is -6.44. The lowest BCUT2D eigenvalue weighted by Crippen LogP contribution is -2.59. The number of aromatic amines is 1. The van der Waals surface area contributed by atoms with Crippen molar-refractivity contribution in [1.82, 2.24) is 36.6 Å². The van der Waals surface area contributed by atoms with Crippen LogP contribution in [0.4, 0.5) is 0 Å². The summed E-state index contributed by atoms with van der Waals surface area (Å²) in [4.78, 5) is 91.0. The number of nitrogens with two attached hydrogens (primary N) is 1. The zero-order valence-corrected chi connectivity index (χ0v) is 23.1. The Labute approximate surface area is 235 Å². The molecule has 0 saturated carbocycles. The number of carbonyl (C=O) groups is 7. The van der Waals surface area contributed by atoms with Crippen LogP contribution in [0, 0.1) is 5.92 Å². The summed E-state index contributed by atoms with van der Waals surface area (Å²) in [6.07, 6.45) is 2.76. The van der Waals surface area contributed by atoms with Crippen molar-refractivity contribution >= 4 is 41.5 Å². The number of carboxylic acid groups (broad SMARTS) is 2. The Morgan fingerprint density at radius 3 is 2.15 bits per heavy atom. The maximum atomic E-state index is 13.3. The van der Waals surface area contributed by atoms with Crippen LogP contribution in [0.5, 0.6) is 0 Å². The SMILES string of the molecule is CC[C@H](C)[C@H](NC(=O)[C@@H](N)CCC(=O)O)C(=O)N[C@@H](Cc1cnc[nH]1)C(=O)N[C@@H](C)C(=O)NCC(=O)NCC(=O)O. The number of nitrogens with one attached hydrogen (secondary N) is 6. The minimum absolute atomic E-state index is 0.0528. The second kappa shape index (κ2) is 17.2. The Morgan fingerprint density at radius 1 is 0.902 bits per heavy atom. The van der Waals surface area contributed by atoms with Crippen LogP contribution in [0.2, 0.25) is 0 Å². The molecule has 0 fully saturated rings. The molecule has 0 unspecified atom stereocenters. The first-order chi connectivity index (χ1) is 19.2. The predicted molar refractivity (Wildman–Crippen MR) is 142 cm³/mol. The van der Waals surface area contributed by atoms with Gasteiger partial charge in [0, 0.05) is 24.7 Å². The zero-order chi connectivity index (χ0) is 31.1. The van der Waals surface area contributed by atoms with Gasteiger partial charge in [-0.2, -0.15) is 0 Å². The molecular weight excluding hydrogens is 544 g/mol. The maximum Gasteiger partial charge on any atom is 0.322 e. The number of amides is 5. The van der Waals surface area contributed by atoms with E-state index in [0.717, 1.165) is 0 Å². The molecule has 1 aromatic rings. The Balaban J connectivity index is 2.94. The lowest BCUT2D eigenvalue weighted by atomic mass is 9.97. The molecule has 1 heterocycles. The van der Waals surface area contributed by atoms with Crippen LogP contribution in [-0.2, 0) is 40.0 Å². The van der Waals surface area contributed by atoms with Crippen LogP contribution >= 0.6 is 0 Å². The number of hydrogen-bond acceptors (Lipinski definition) is 9. The number of nitrogens with zero attached hydrogens (tertiary/aromatic N) is 1. The third-order valence-corrected chi connectivity index (χ3v) is 6.02. The van der Waals surface area contributed by atoms with E-state index in [0.29, 0.717) is 12.1 Å². The molecule has 0 spiro atoms. The van der Waals surface area contributed by atoms with Gasteiger partial charge in [-0.05, 0) is 19.3 Å². The Morgan fingerprint density at radius 2 is 1.59 bits per heavy atom. The monoisotopic (exact) mass is 582 g/mol. The standard InChI is InChI=1S/C24H38N8O9/c1-4-12(2)20(32-22(39)15(25)5-6-18(34)35)24(41)31-16(7-14-8-26-11-29-14)23(40)30-13(3)21(38)28-9-17(33)27-10-19(36)37/h8,11-13,15-16,20H,4-7,9-10,25H2,1-3H3,(H,26,29)(H,27,33)(H,28,38)(H,30,40)(H,31,41)(H,32,39)(H,34,35)(H,36,37)/t12-,13-,15-,16-,20-/m0/s1. The van der Waals surface area contributed by atoms with Crippen LogP contribution in [-0.4, -0.2) is 98.9 Å². The van der Waals surface area contributed by atoms with E-state index in [-0.39, 0.29) is 19.3 Å². The Bertz CT molecular complexity index is 1080. The molecule has 0 radical (unpaired) electrons. The largest absolute Gasteiger partial charge is 0.481 e. The van der Waals surface area contributed by atoms with E-state index in [1.165, 1.54) is 19.4 Å². The normalized spacial score (nSPS) is 14.3. The van der Waals surface area contributed by atoms with Crippen molar-refractivity contribution in [3.05, 3.63) is 18.2 Å². The molecule has 0 saturated heterocycles. The molecule has 41 heavy (non-hydrogen) atoms. The highest BCUT2D eigenvalue weighted by atomic mass is 16.4. The van der Waals surface area contributed by atoms with Gasteiger partial charge in [0.2, 0.25) is 29.5 Å². The highest BCUT2D eigenvalue weighted by molar-refractivity contribution is 5.95. The number of aliphatic carboxylic acids is 2. The number of carbonyl (C=O) groups excluding carboxylic acids is 5. The van der Waals surface area contributed by atoms with Gasteiger partial charge in [-0.1, -0.05) is 20.3 Å². The smallest absolute Gasteiger partial charge is 0.322 e. The summed E-state index contributed by atoms with van der Waals surface area (Å²) in [5, 5.41) is 29.3. The third kappa shape index (κ3) is 12.9. The predicted octanol–water partition coefficient (Wildman–Crippen LogP) is -3.02. The average Bonchev–Trinajstić information content (AvgIpc) is 3.43. The molecule has 228 valence electrons. The van der Waals surface area contributed by atoms with Crippen LogP contribution in [0.25, 0.3) is 0 Å². The molecule has 0 aromatic carbocycles. The fourth-order valence-electron chi connectivity index (χ4n) is 3.40. The maximum absolute atomic E-state index is 13.3. The van der Waals surface area contributed by atoms with Crippen molar-refractivity contribution in [2.45, 2.75) is 70.6 Å². The third-order valence-electron chi connectivity index (χ3n) is 6.02. The van der Waals surface area contributed by atoms with Crippen molar-refractivity contribution in [2.75, 3.05) is 13.1 Å². The molecule has 5 atom stereocenters. The lowest BCUT2D eigenvalue weighted by Gasteiger charge is -2.27. The molecule has 1 aromatic heterocycles. The second-order valence-electron chi connectivity index (χ2n) is 9.37.